The number of hydrogen-bond acceptors (Lipinski definition) is 3. The molecule has 29 heavy (non-hydrogen) atoms. The van der Waals surface area contributed by atoms with E-state index in [0.29, 0.717) is 16.7 Å². The summed E-state index contributed by atoms with van der Waals surface area (Å²) in [5.41, 5.74) is 3.12. The third kappa shape index (κ3) is 6.01. The summed E-state index contributed by atoms with van der Waals surface area (Å²) in [5.74, 6) is -1.05. The minimum Gasteiger partial charge on any atom is -0.478 e. The Morgan fingerprint density at radius 3 is 2.55 bits per heavy atom. The van der Waals surface area contributed by atoms with Crippen molar-refractivity contribution in [3.8, 4) is 11.1 Å². The van der Waals surface area contributed by atoms with Crippen LogP contribution in [0.15, 0.2) is 72.8 Å². The molecule has 1 atom stereocenters. The highest BCUT2D eigenvalue weighted by Crippen LogP contribution is 2.22. The topological polar surface area (TPSA) is 69.6 Å². The fourth-order valence-corrected chi connectivity index (χ4v) is 2.96. The van der Waals surface area contributed by atoms with Crippen LogP contribution in [0.2, 0.25) is 0 Å². The van der Waals surface area contributed by atoms with Crippen molar-refractivity contribution in [2.24, 2.45) is 0 Å². The van der Waals surface area contributed by atoms with Crippen LogP contribution in [0.5, 0.6) is 0 Å². The highest BCUT2D eigenvalue weighted by atomic mass is 16.4. The minimum absolute atomic E-state index is 0.134. The van der Waals surface area contributed by atoms with Crippen molar-refractivity contribution in [3.05, 3.63) is 95.1 Å². The molecule has 0 fully saturated rings. The van der Waals surface area contributed by atoms with E-state index in [4.69, 9.17) is 6.85 Å². The molecule has 0 saturated carbocycles. The van der Waals surface area contributed by atoms with Gasteiger partial charge in [-0.05, 0) is 60.6 Å². The largest absolute Gasteiger partial charge is 0.478 e. The van der Waals surface area contributed by atoms with Crippen molar-refractivity contribution in [2.75, 3.05) is 13.0 Å². The summed E-state index contributed by atoms with van der Waals surface area (Å²) < 4.78 is 41.5. The lowest BCUT2D eigenvalue weighted by Gasteiger charge is -2.13. The fraction of sp³-hybridized carbons (Fsp3) is 0.240. The molecule has 0 aliphatic rings. The van der Waals surface area contributed by atoms with Gasteiger partial charge in [-0.3, -0.25) is 0 Å². The summed E-state index contributed by atoms with van der Waals surface area (Å²) in [6.07, 6.45) is -4.79. The lowest BCUT2D eigenvalue weighted by molar-refractivity contribution is 0.0697. The number of carbonyl (C=O) groups is 1. The molecule has 0 unspecified atom stereocenters. The number of aryl methyl sites for hydroxylation is 2. The minimum atomic E-state index is -2.55. The van der Waals surface area contributed by atoms with Crippen LogP contribution in [0.1, 0.15) is 46.4 Å². The Bertz CT molecular complexity index is 1180. The summed E-state index contributed by atoms with van der Waals surface area (Å²) in [4.78, 5) is 11.3. The third-order valence-electron chi connectivity index (χ3n) is 4.45. The second-order valence-corrected chi connectivity index (χ2v) is 6.73. The van der Waals surface area contributed by atoms with E-state index >= 15 is 0 Å². The first-order chi connectivity index (χ1) is 15.8. The van der Waals surface area contributed by atoms with E-state index in [-0.39, 0.29) is 17.5 Å². The summed E-state index contributed by atoms with van der Waals surface area (Å²) in [5, 5.41) is 22.1. The Hall–Kier alpha value is -2.95. The van der Waals surface area contributed by atoms with Crippen molar-refractivity contribution >= 4 is 5.97 Å². The SMILES string of the molecule is [2H]C([2H])(Cc1cccc(-c2cccc(C(=O)O)c2)c1)C([2H])([2H])NC[C@]([2H])(O)c1cccc(C)c1. The molecule has 0 aliphatic carbocycles. The first-order valence-electron chi connectivity index (χ1n) is 11.8. The molecule has 0 saturated heterocycles. The number of carboxylic acids is 1. The Morgan fingerprint density at radius 2 is 1.79 bits per heavy atom. The smallest absolute Gasteiger partial charge is 0.335 e. The number of aliphatic hydroxyl groups is 1. The van der Waals surface area contributed by atoms with Crippen LogP contribution in [0.4, 0.5) is 0 Å². The van der Waals surface area contributed by atoms with Crippen molar-refractivity contribution in [2.45, 2.75) is 25.8 Å². The second-order valence-electron chi connectivity index (χ2n) is 6.73. The average Bonchev–Trinajstić information content (AvgIpc) is 2.78. The van der Waals surface area contributed by atoms with E-state index in [9.17, 15) is 15.0 Å². The van der Waals surface area contributed by atoms with E-state index in [0.717, 1.165) is 5.56 Å². The van der Waals surface area contributed by atoms with Gasteiger partial charge < -0.3 is 15.5 Å². The van der Waals surface area contributed by atoms with E-state index in [1.807, 2.05) is 13.0 Å². The number of rotatable bonds is 9. The monoisotopic (exact) mass is 394 g/mol. The van der Waals surface area contributed by atoms with E-state index in [2.05, 4.69) is 5.32 Å². The first kappa shape index (κ1) is 15.0. The van der Waals surface area contributed by atoms with E-state index in [1.165, 1.54) is 12.1 Å². The predicted octanol–water partition coefficient (Wildman–Crippen LogP) is 4.62. The number of carboxylic acid groups (broad SMARTS) is 1. The average molecular weight is 395 g/mol. The zero-order valence-corrected chi connectivity index (χ0v) is 16.1. The lowest BCUT2D eigenvalue weighted by atomic mass is 9.99. The maximum absolute atomic E-state index is 11.3. The quantitative estimate of drug-likeness (QED) is 0.495. The molecule has 3 aromatic carbocycles. The van der Waals surface area contributed by atoms with Crippen LogP contribution < -0.4 is 5.32 Å². The fourth-order valence-electron chi connectivity index (χ4n) is 2.96. The van der Waals surface area contributed by atoms with Crippen molar-refractivity contribution in [3.63, 3.8) is 0 Å². The van der Waals surface area contributed by atoms with Gasteiger partial charge in [0, 0.05) is 12.0 Å². The Balaban J connectivity index is 1.76. The van der Waals surface area contributed by atoms with Gasteiger partial charge in [-0.2, -0.15) is 0 Å². The standard InChI is InChI=1S/C25H27NO3/c1-18-6-2-11-22(14-18)24(27)17-26-13-5-8-19-7-3-9-20(15-19)21-10-4-12-23(16-21)25(28)29/h2-4,6-7,9-12,14-16,24,26-27H,5,8,13,17H2,1H3,(H,28,29)/t24-/m0/s1/i5D2,13D2,24D. The molecule has 0 amide bonds. The predicted molar refractivity (Wildman–Crippen MR) is 116 cm³/mol. The van der Waals surface area contributed by atoms with Crippen LogP contribution >= 0.6 is 0 Å². The zero-order chi connectivity index (χ0) is 25.1. The third-order valence-corrected chi connectivity index (χ3v) is 4.45. The van der Waals surface area contributed by atoms with Crippen LogP contribution in [-0.4, -0.2) is 29.2 Å². The Labute approximate surface area is 178 Å². The molecular formula is C25H27NO3. The van der Waals surface area contributed by atoms with Gasteiger partial charge in [-0.25, -0.2) is 4.79 Å². The number of hydrogen-bond donors (Lipinski definition) is 3. The lowest BCUT2D eigenvalue weighted by Crippen LogP contribution is -2.22. The molecule has 0 spiro atoms. The highest BCUT2D eigenvalue weighted by Gasteiger charge is 2.07. The van der Waals surface area contributed by atoms with Crippen LogP contribution in [0.25, 0.3) is 11.1 Å². The molecule has 4 heteroatoms. The van der Waals surface area contributed by atoms with Gasteiger partial charge in [-0.1, -0.05) is 66.2 Å². The van der Waals surface area contributed by atoms with E-state index in [1.54, 1.807) is 54.6 Å². The van der Waals surface area contributed by atoms with Gasteiger partial charge in [0.15, 0.2) is 0 Å². The summed E-state index contributed by atoms with van der Waals surface area (Å²) in [6, 6.07) is 19.9. The Morgan fingerprint density at radius 1 is 1.07 bits per heavy atom. The van der Waals surface area contributed by atoms with Gasteiger partial charge in [-0.15, -0.1) is 0 Å². The summed E-state index contributed by atoms with van der Waals surface area (Å²) in [6.45, 7) is -1.24. The maximum atomic E-state index is 11.3. The highest BCUT2D eigenvalue weighted by molar-refractivity contribution is 5.89. The maximum Gasteiger partial charge on any atom is 0.335 e. The van der Waals surface area contributed by atoms with Crippen LogP contribution in [0.3, 0.4) is 0 Å². The van der Waals surface area contributed by atoms with Crippen LogP contribution in [0, 0.1) is 6.92 Å². The molecule has 3 rings (SSSR count). The van der Waals surface area contributed by atoms with Crippen LogP contribution in [-0.2, 0) is 6.42 Å². The molecule has 0 aromatic heterocycles. The second kappa shape index (κ2) is 10.0. The number of nitrogens with one attached hydrogen (secondary N) is 1. The van der Waals surface area contributed by atoms with Crippen molar-refractivity contribution in [1.82, 2.24) is 5.32 Å². The molecule has 4 nitrogen and oxygen atoms in total. The molecule has 0 bridgehead atoms. The summed E-state index contributed by atoms with van der Waals surface area (Å²) >= 11 is 0. The first-order valence-corrected chi connectivity index (χ1v) is 9.28. The van der Waals surface area contributed by atoms with Crippen molar-refractivity contribution in [1.29, 1.82) is 0 Å². The molecule has 0 aliphatic heterocycles. The Kier molecular flexibility index (Phi) is 5.16. The van der Waals surface area contributed by atoms with Gasteiger partial charge in [0.1, 0.15) is 0 Å². The normalized spacial score (nSPS) is 16.6. The number of benzene rings is 3. The molecule has 3 N–H and O–H groups in total. The van der Waals surface area contributed by atoms with Gasteiger partial charge >= 0.3 is 5.97 Å². The molecule has 3 aromatic rings. The number of aromatic carboxylic acids is 1. The van der Waals surface area contributed by atoms with Crippen molar-refractivity contribution < 1.29 is 21.9 Å². The van der Waals surface area contributed by atoms with E-state index < -0.39 is 31.5 Å². The summed E-state index contributed by atoms with van der Waals surface area (Å²) in [7, 11) is 0. The molecule has 0 heterocycles. The molecule has 0 radical (unpaired) electrons. The zero-order valence-electron chi connectivity index (χ0n) is 21.1. The molecule has 150 valence electrons. The van der Waals surface area contributed by atoms with Gasteiger partial charge in [0.05, 0.1) is 13.0 Å². The van der Waals surface area contributed by atoms with Gasteiger partial charge in [0.25, 0.3) is 0 Å². The van der Waals surface area contributed by atoms with Gasteiger partial charge in [0.2, 0.25) is 0 Å². The molecular weight excluding hydrogens is 362 g/mol.